The van der Waals surface area contributed by atoms with Gasteiger partial charge in [-0.3, -0.25) is 4.79 Å². The number of nitrogens with zero attached hydrogens (tertiary/aromatic N) is 1. The number of amides is 1. The number of rotatable bonds is 4. The minimum Gasteiger partial charge on any atom is -0.508 e. The van der Waals surface area contributed by atoms with Crippen LogP contribution in [0.15, 0.2) is 27.4 Å². The highest BCUT2D eigenvalue weighted by Gasteiger charge is 2.32. The molecule has 2 aromatic rings. The van der Waals surface area contributed by atoms with Crippen molar-refractivity contribution in [2.45, 2.75) is 32.2 Å². The van der Waals surface area contributed by atoms with E-state index in [2.05, 4.69) is 0 Å². The molecule has 1 atom stereocenters. The van der Waals surface area contributed by atoms with Gasteiger partial charge in [0.2, 0.25) is 5.91 Å². The summed E-state index contributed by atoms with van der Waals surface area (Å²) in [4.78, 5) is 26.1. The molecule has 0 radical (unpaired) electrons. The maximum absolute atomic E-state index is 12.4. The van der Waals surface area contributed by atoms with Crippen LogP contribution < -0.4 is 5.63 Å². The van der Waals surface area contributed by atoms with Crippen molar-refractivity contribution in [2.75, 3.05) is 18.6 Å². The Morgan fingerprint density at radius 2 is 2.12 bits per heavy atom. The second-order valence-corrected chi connectivity index (χ2v) is 8.96. The lowest BCUT2D eigenvalue weighted by Gasteiger charge is -2.23. The van der Waals surface area contributed by atoms with E-state index in [1.165, 1.54) is 17.0 Å². The molecule has 1 amide bonds. The van der Waals surface area contributed by atoms with Gasteiger partial charge in [-0.05, 0) is 37.5 Å². The topological polar surface area (TPSA) is 105 Å². The van der Waals surface area contributed by atoms with Crippen molar-refractivity contribution in [2.24, 2.45) is 0 Å². The van der Waals surface area contributed by atoms with E-state index in [1.807, 2.05) is 0 Å². The fourth-order valence-electron chi connectivity index (χ4n) is 3.36. The molecule has 26 heavy (non-hydrogen) atoms. The molecule has 0 spiro atoms. The van der Waals surface area contributed by atoms with E-state index in [9.17, 15) is 23.1 Å². The molecule has 8 heteroatoms. The summed E-state index contributed by atoms with van der Waals surface area (Å²) in [6.07, 6.45) is 0.765. The third-order valence-electron chi connectivity index (χ3n) is 5.01. The summed E-state index contributed by atoms with van der Waals surface area (Å²) in [5.74, 6) is -0.0846. The predicted octanol–water partition coefficient (Wildman–Crippen LogP) is 1.39. The number of carbonyl (C=O) groups excluding carboxylic acids is 1. The normalized spacial score (nSPS) is 18.9. The maximum atomic E-state index is 12.4. The highest BCUT2D eigenvalue weighted by Crippen LogP contribution is 2.24. The lowest BCUT2D eigenvalue weighted by molar-refractivity contribution is -0.131. The number of sulfone groups is 1. The number of hydrogen-bond donors (Lipinski definition) is 1. The molecule has 0 bridgehead atoms. The molecule has 1 saturated heterocycles. The van der Waals surface area contributed by atoms with Crippen molar-refractivity contribution >= 4 is 26.7 Å². The molecule has 140 valence electrons. The fraction of sp³-hybridized carbons (Fsp3) is 0.444. The van der Waals surface area contributed by atoms with Crippen LogP contribution in [0.5, 0.6) is 5.75 Å². The Morgan fingerprint density at radius 3 is 2.77 bits per heavy atom. The summed E-state index contributed by atoms with van der Waals surface area (Å²) < 4.78 is 28.4. The molecular formula is C18H21NO6S. The van der Waals surface area contributed by atoms with Gasteiger partial charge >= 0.3 is 5.63 Å². The van der Waals surface area contributed by atoms with Crippen molar-refractivity contribution in [3.05, 3.63) is 39.7 Å². The number of fused-ring (bicyclic) bond motifs is 1. The minimum atomic E-state index is -3.06. The number of benzene rings is 1. The van der Waals surface area contributed by atoms with Crippen LogP contribution in [0, 0.1) is 6.92 Å². The molecule has 7 nitrogen and oxygen atoms in total. The number of hydrogen-bond acceptors (Lipinski definition) is 6. The SMILES string of the molecule is Cc1c(CCC(=O)N(C)[C@H]2CCS(=O)(=O)C2)c(=O)oc2cc(O)ccc12. The zero-order chi connectivity index (χ0) is 19.1. The molecule has 0 aliphatic carbocycles. The van der Waals surface area contributed by atoms with Gasteiger partial charge in [0, 0.05) is 36.5 Å². The van der Waals surface area contributed by atoms with Crippen molar-refractivity contribution in [1.82, 2.24) is 4.90 Å². The van der Waals surface area contributed by atoms with E-state index in [0.29, 0.717) is 23.0 Å². The lowest BCUT2D eigenvalue weighted by atomic mass is 10.0. The third kappa shape index (κ3) is 3.60. The van der Waals surface area contributed by atoms with Crippen LogP contribution in [0.4, 0.5) is 0 Å². The Bertz CT molecular complexity index is 1020. The van der Waals surface area contributed by atoms with Crippen LogP contribution in [-0.2, 0) is 21.1 Å². The Balaban J connectivity index is 1.76. The summed E-state index contributed by atoms with van der Waals surface area (Å²) >= 11 is 0. The minimum absolute atomic E-state index is 0.00409. The first-order chi connectivity index (χ1) is 12.2. The van der Waals surface area contributed by atoms with Gasteiger partial charge < -0.3 is 14.4 Å². The number of aryl methyl sites for hydroxylation is 1. The zero-order valence-electron chi connectivity index (χ0n) is 14.7. The van der Waals surface area contributed by atoms with Gasteiger partial charge in [0.05, 0.1) is 11.5 Å². The number of phenolic OH excluding ortho intramolecular Hbond substituents is 1. The Labute approximate surface area is 151 Å². The van der Waals surface area contributed by atoms with Gasteiger partial charge in [-0.2, -0.15) is 0 Å². The van der Waals surface area contributed by atoms with Crippen LogP contribution in [0.25, 0.3) is 11.0 Å². The molecular weight excluding hydrogens is 358 g/mol. The van der Waals surface area contributed by atoms with Crippen LogP contribution in [0.1, 0.15) is 24.0 Å². The van der Waals surface area contributed by atoms with Gasteiger partial charge in [0.1, 0.15) is 11.3 Å². The monoisotopic (exact) mass is 379 g/mol. The first-order valence-corrected chi connectivity index (χ1v) is 10.2. The Morgan fingerprint density at radius 1 is 1.38 bits per heavy atom. The molecule has 0 unspecified atom stereocenters. The summed E-state index contributed by atoms with van der Waals surface area (Å²) in [6.45, 7) is 1.78. The number of phenols is 1. The molecule has 1 N–H and O–H groups in total. The summed E-state index contributed by atoms with van der Waals surface area (Å²) in [5, 5.41) is 10.2. The van der Waals surface area contributed by atoms with E-state index in [-0.39, 0.29) is 42.0 Å². The molecule has 3 rings (SSSR count). The Kier molecular flexibility index (Phi) is 4.79. The summed E-state index contributed by atoms with van der Waals surface area (Å²) in [7, 11) is -1.46. The number of aromatic hydroxyl groups is 1. The molecule has 0 saturated carbocycles. The van der Waals surface area contributed by atoms with E-state index >= 15 is 0 Å². The maximum Gasteiger partial charge on any atom is 0.339 e. The average Bonchev–Trinajstić information content (AvgIpc) is 2.93. The molecule has 2 heterocycles. The lowest BCUT2D eigenvalue weighted by Crippen LogP contribution is -2.38. The van der Waals surface area contributed by atoms with Gasteiger partial charge in [-0.15, -0.1) is 0 Å². The van der Waals surface area contributed by atoms with Crippen LogP contribution in [-0.4, -0.2) is 48.9 Å². The van der Waals surface area contributed by atoms with Gasteiger partial charge in [0.25, 0.3) is 0 Å². The van der Waals surface area contributed by atoms with E-state index in [4.69, 9.17) is 4.42 Å². The fourth-order valence-corrected chi connectivity index (χ4v) is 5.14. The van der Waals surface area contributed by atoms with E-state index in [1.54, 1.807) is 20.0 Å². The highest BCUT2D eigenvalue weighted by atomic mass is 32.2. The van der Waals surface area contributed by atoms with Gasteiger partial charge in [0.15, 0.2) is 9.84 Å². The van der Waals surface area contributed by atoms with Gasteiger partial charge in [-0.25, -0.2) is 13.2 Å². The van der Waals surface area contributed by atoms with Crippen LogP contribution in [0.3, 0.4) is 0 Å². The summed E-state index contributed by atoms with van der Waals surface area (Å²) in [5.41, 5.74) is 0.912. The van der Waals surface area contributed by atoms with Crippen molar-refractivity contribution in [3.8, 4) is 5.75 Å². The molecule has 1 aliphatic heterocycles. The highest BCUT2D eigenvalue weighted by molar-refractivity contribution is 7.91. The molecule has 1 aromatic heterocycles. The van der Waals surface area contributed by atoms with Crippen molar-refractivity contribution in [1.29, 1.82) is 0 Å². The first-order valence-electron chi connectivity index (χ1n) is 8.39. The zero-order valence-corrected chi connectivity index (χ0v) is 15.5. The number of carbonyl (C=O) groups is 1. The van der Waals surface area contributed by atoms with E-state index < -0.39 is 15.5 Å². The summed E-state index contributed by atoms with van der Waals surface area (Å²) in [6, 6.07) is 4.26. The third-order valence-corrected chi connectivity index (χ3v) is 6.76. The van der Waals surface area contributed by atoms with Crippen LogP contribution in [0.2, 0.25) is 0 Å². The quantitative estimate of drug-likeness (QED) is 0.805. The standard InChI is InChI=1S/C18H21NO6S/c1-11-14-4-3-13(20)9-16(14)25-18(22)15(11)5-6-17(21)19(2)12-7-8-26(23,24)10-12/h3-4,9,12,20H,5-8,10H2,1-2H3/t12-/m0/s1. The Hall–Kier alpha value is -2.35. The second-order valence-electron chi connectivity index (χ2n) is 6.74. The smallest absolute Gasteiger partial charge is 0.339 e. The second kappa shape index (κ2) is 6.75. The van der Waals surface area contributed by atoms with Crippen LogP contribution >= 0.6 is 0 Å². The van der Waals surface area contributed by atoms with Crippen molar-refractivity contribution in [3.63, 3.8) is 0 Å². The van der Waals surface area contributed by atoms with Gasteiger partial charge in [-0.1, -0.05) is 0 Å². The molecule has 1 fully saturated rings. The first kappa shape index (κ1) is 18.4. The molecule has 1 aliphatic rings. The largest absolute Gasteiger partial charge is 0.508 e. The average molecular weight is 379 g/mol. The van der Waals surface area contributed by atoms with Crippen molar-refractivity contribution < 1.29 is 22.7 Å². The van der Waals surface area contributed by atoms with E-state index in [0.717, 1.165) is 5.56 Å². The molecule has 1 aromatic carbocycles. The predicted molar refractivity (Wildman–Crippen MR) is 97.0 cm³/mol.